The summed E-state index contributed by atoms with van der Waals surface area (Å²) in [5.41, 5.74) is -0.354. The van der Waals surface area contributed by atoms with Gasteiger partial charge >= 0.3 is 5.69 Å². The van der Waals surface area contributed by atoms with Crippen molar-refractivity contribution in [2.75, 3.05) is 0 Å². The summed E-state index contributed by atoms with van der Waals surface area (Å²) in [6, 6.07) is 5.75. The van der Waals surface area contributed by atoms with Crippen LogP contribution in [0.1, 0.15) is 39.6 Å². The van der Waals surface area contributed by atoms with Crippen molar-refractivity contribution in [3.05, 3.63) is 84.8 Å². The van der Waals surface area contributed by atoms with Gasteiger partial charge in [0.1, 0.15) is 11.5 Å². The Kier molecular flexibility index (Phi) is 3.30. The second-order valence-electron chi connectivity index (χ2n) is 6.36. The van der Waals surface area contributed by atoms with E-state index in [1.165, 1.54) is 6.20 Å². The summed E-state index contributed by atoms with van der Waals surface area (Å²) >= 11 is 0. The molecule has 4 rings (SSSR count). The van der Waals surface area contributed by atoms with E-state index in [4.69, 9.17) is 4.42 Å². The summed E-state index contributed by atoms with van der Waals surface area (Å²) in [6.45, 7) is 3.61. The smallest absolute Gasteiger partial charge is 0.325 e. The van der Waals surface area contributed by atoms with Gasteiger partial charge in [-0.1, -0.05) is 23.8 Å². The van der Waals surface area contributed by atoms with Crippen LogP contribution in [0.4, 0.5) is 0 Å². The number of rotatable bonds is 1. The molecule has 7 heteroatoms. The fourth-order valence-corrected chi connectivity index (χ4v) is 3.49. The van der Waals surface area contributed by atoms with E-state index in [9.17, 15) is 14.7 Å². The first-order valence-electron chi connectivity index (χ1n) is 8.01. The highest BCUT2D eigenvalue weighted by Gasteiger charge is 2.44. The number of aromatic nitrogens is 3. The Labute approximate surface area is 142 Å². The Morgan fingerprint density at radius 1 is 1.20 bits per heavy atom. The van der Waals surface area contributed by atoms with E-state index < -0.39 is 16.9 Å². The number of nitrogens with one attached hydrogen (secondary N) is 2. The number of hydrogen-bond donors (Lipinski definition) is 3. The summed E-state index contributed by atoms with van der Waals surface area (Å²) in [5.74, 6) is 0.958. The van der Waals surface area contributed by atoms with Crippen molar-refractivity contribution in [3.63, 3.8) is 0 Å². The molecule has 1 aliphatic rings. The van der Waals surface area contributed by atoms with Gasteiger partial charge in [0.2, 0.25) is 0 Å². The zero-order valence-corrected chi connectivity index (χ0v) is 13.8. The Hall–Kier alpha value is -2.93. The third-order valence-corrected chi connectivity index (χ3v) is 4.63. The quantitative estimate of drug-likeness (QED) is 0.613. The Morgan fingerprint density at radius 3 is 2.76 bits per heavy atom. The zero-order chi connectivity index (χ0) is 17.8. The van der Waals surface area contributed by atoms with Gasteiger partial charge < -0.3 is 14.5 Å². The van der Waals surface area contributed by atoms with E-state index >= 15 is 0 Å². The van der Waals surface area contributed by atoms with Crippen molar-refractivity contribution in [1.82, 2.24) is 15.0 Å². The molecule has 1 aliphatic carbocycles. The van der Waals surface area contributed by atoms with Gasteiger partial charge in [0.15, 0.2) is 11.5 Å². The highest BCUT2D eigenvalue weighted by molar-refractivity contribution is 5.51. The first-order valence-corrected chi connectivity index (χ1v) is 8.01. The lowest BCUT2D eigenvalue weighted by atomic mass is 9.82. The molecule has 0 amide bonds. The summed E-state index contributed by atoms with van der Waals surface area (Å²) < 4.78 is 5.67. The predicted octanol–water partition coefficient (Wildman–Crippen LogP) is 1.05. The molecule has 2 heterocycles. The maximum Gasteiger partial charge on any atom is 0.325 e. The molecule has 128 valence electrons. The molecule has 0 aliphatic heterocycles. The van der Waals surface area contributed by atoms with Crippen molar-refractivity contribution in [2.45, 2.75) is 32.3 Å². The minimum absolute atomic E-state index is 0.00963. The van der Waals surface area contributed by atoms with Gasteiger partial charge in [0, 0.05) is 19.5 Å². The van der Waals surface area contributed by atoms with Crippen LogP contribution in [-0.4, -0.2) is 20.1 Å². The van der Waals surface area contributed by atoms with Crippen molar-refractivity contribution in [2.24, 2.45) is 0 Å². The van der Waals surface area contributed by atoms with E-state index in [2.05, 4.69) is 15.0 Å². The highest BCUT2D eigenvalue weighted by Crippen LogP contribution is 2.41. The summed E-state index contributed by atoms with van der Waals surface area (Å²) in [5, 5.41) is 11.8. The van der Waals surface area contributed by atoms with Gasteiger partial charge in [-0.05, 0) is 24.5 Å². The average Bonchev–Trinajstić information content (AvgIpc) is 2.90. The Bertz CT molecular complexity index is 1090. The number of aromatic amines is 2. The van der Waals surface area contributed by atoms with E-state index in [0.29, 0.717) is 35.7 Å². The van der Waals surface area contributed by atoms with Gasteiger partial charge in [0.25, 0.3) is 5.56 Å². The van der Waals surface area contributed by atoms with Crippen molar-refractivity contribution in [1.29, 1.82) is 0 Å². The maximum atomic E-state index is 12.5. The number of aliphatic hydroxyl groups is 1. The number of nitrogens with zero attached hydrogens (tertiary/aromatic N) is 1. The molecule has 1 aromatic carbocycles. The molecule has 0 fully saturated rings. The van der Waals surface area contributed by atoms with Crippen LogP contribution < -0.4 is 11.2 Å². The molecular weight excluding hydrogens is 322 g/mol. The van der Waals surface area contributed by atoms with Crippen LogP contribution in [0, 0.1) is 13.8 Å². The van der Waals surface area contributed by atoms with E-state index in [-0.39, 0.29) is 5.56 Å². The van der Waals surface area contributed by atoms with Crippen LogP contribution in [-0.2, 0) is 18.4 Å². The minimum atomic E-state index is -1.80. The van der Waals surface area contributed by atoms with Gasteiger partial charge in [0.05, 0.1) is 5.56 Å². The molecule has 25 heavy (non-hydrogen) atoms. The molecule has 0 radical (unpaired) electrons. The Balaban J connectivity index is 2.13. The molecular formula is C18H17N3O4. The fourth-order valence-electron chi connectivity index (χ4n) is 3.49. The SMILES string of the molecule is Cc1ccc2c(c1)C(O)(c1c[nH]c(=O)[nH]c1=O)c1nc(C)oc1CC2. The lowest BCUT2D eigenvalue weighted by molar-refractivity contribution is 0.117. The molecule has 3 N–H and O–H groups in total. The summed E-state index contributed by atoms with van der Waals surface area (Å²) in [6.07, 6.45) is 2.46. The molecule has 7 nitrogen and oxygen atoms in total. The third-order valence-electron chi connectivity index (χ3n) is 4.63. The van der Waals surface area contributed by atoms with Crippen molar-refractivity contribution < 1.29 is 9.52 Å². The molecule has 1 atom stereocenters. The van der Waals surface area contributed by atoms with Crippen LogP contribution in [0.15, 0.2) is 38.4 Å². The van der Waals surface area contributed by atoms with Crippen molar-refractivity contribution >= 4 is 0 Å². The van der Waals surface area contributed by atoms with E-state index in [0.717, 1.165) is 11.1 Å². The number of H-pyrrole nitrogens is 2. The number of benzene rings is 1. The topological polar surface area (TPSA) is 112 Å². The standard InChI is InChI=1S/C18H17N3O4/c1-9-3-4-11-5-6-14-15(20-10(2)25-14)18(24,12(11)7-9)13-8-19-17(23)21-16(13)22/h3-4,7-8,24H,5-6H2,1-2H3,(H2,19,21,22,23). The summed E-state index contributed by atoms with van der Waals surface area (Å²) in [4.78, 5) is 32.9. The average molecular weight is 339 g/mol. The minimum Gasteiger partial charge on any atom is -0.446 e. The number of hydrogen-bond acceptors (Lipinski definition) is 5. The molecule has 1 unspecified atom stereocenters. The van der Waals surface area contributed by atoms with Gasteiger partial charge in [-0.2, -0.15) is 0 Å². The second kappa shape index (κ2) is 5.29. The number of fused-ring (bicyclic) bond motifs is 2. The van der Waals surface area contributed by atoms with Crippen LogP contribution in [0.5, 0.6) is 0 Å². The van der Waals surface area contributed by atoms with Gasteiger partial charge in [-0.3, -0.25) is 9.78 Å². The first-order chi connectivity index (χ1) is 11.9. The predicted molar refractivity (Wildman–Crippen MR) is 89.6 cm³/mol. The number of aryl methyl sites for hydroxylation is 4. The highest BCUT2D eigenvalue weighted by atomic mass is 16.4. The van der Waals surface area contributed by atoms with Gasteiger partial charge in [-0.25, -0.2) is 9.78 Å². The molecule has 0 bridgehead atoms. The molecule has 2 aromatic heterocycles. The second-order valence-corrected chi connectivity index (χ2v) is 6.36. The van der Waals surface area contributed by atoms with Crippen LogP contribution in [0.25, 0.3) is 0 Å². The van der Waals surface area contributed by atoms with Crippen LogP contribution in [0.2, 0.25) is 0 Å². The summed E-state index contributed by atoms with van der Waals surface area (Å²) in [7, 11) is 0. The maximum absolute atomic E-state index is 12.5. The Morgan fingerprint density at radius 2 is 2.00 bits per heavy atom. The lowest BCUT2D eigenvalue weighted by Gasteiger charge is -2.27. The van der Waals surface area contributed by atoms with Crippen LogP contribution in [0.3, 0.4) is 0 Å². The number of oxazole rings is 1. The lowest BCUT2D eigenvalue weighted by Crippen LogP contribution is -2.39. The normalized spacial score (nSPS) is 19.2. The van der Waals surface area contributed by atoms with Crippen LogP contribution >= 0.6 is 0 Å². The van der Waals surface area contributed by atoms with Gasteiger partial charge in [-0.15, -0.1) is 0 Å². The molecule has 0 spiro atoms. The van der Waals surface area contributed by atoms with E-state index in [1.807, 2.05) is 25.1 Å². The molecule has 0 saturated heterocycles. The molecule has 0 saturated carbocycles. The zero-order valence-electron chi connectivity index (χ0n) is 13.8. The fraction of sp³-hybridized carbons (Fsp3) is 0.278. The van der Waals surface area contributed by atoms with Crippen molar-refractivity contribution in [3.8, 4) is 0 Å². The third kappa shape index (κ3) is 2.27. The first kappa shape index (κ1) is 15.6. The van der Waals surface area contributed by atoms with E-state index in [1.54, 1.807) is 6.92 Å². The molecule has 3 aromatic rings. The monoisotopic (exact) mass is 339 g/mol. The largest absolute Gasteiger partial charge is 0.446 e.